The molecule has 15 rings (SSSR count). The van der Waals surface area contributed by atoms with E-state index in [1.165, 1.54) is 45.7 Å². The molecular weight excluding hydrogens is 1000 g/mol. The lowest BCUT2D eigenvalue weighted by molar-refractivity contribution is 1.18. The van der Waals surface area contributed by atoms with E-state index in [1.54, 1.807) is 6.20 Å². The second-order valence-electron chi connectivity index (χ2n) is 20.0. The van der Waals surface area contributed by atoms with Crippen LogP contribution in [0.1, 0.15) is 5.56 Å². The van der Waals surface area contributed by atoms with Crippen LogP contribution in [0.15, 0.2) is 249 Å². The summed E-state index contributed by atoms with van der Waals surface area (Å²) < 4.78 is 5.08. The largest absolute Gasteiger partial charge is 0.264 e. The molecule has 0 atom stereocenters. The van der Waals surface area contributed by atoms with Crippen molar-refractivity contribution in [2.75, 3.05) is 0 Å². The van der Waals surface area contributed by atoms with Gasteiger partial charge in [0.15, 0.2) is 11.6 Å². The van der Waals surface area contributed by atoms with E-state index in [9.17, 15) is 0 Å². The highest BCUT2D eigenvalue weighted by Gasteiger charge is 2.18. The van der Waals surface area contributed by atoms with Gasteiger partial charge in [0, 0.05) is 110 Å². The quantitative estimate of drug-likeness (QED) is 0.143. The molecule has 0 saturated carbocycles. The smallest absolute Gasteiger partial charge is 0.160 e. The number of hydrogen-bond acceptors (Lipinski definition) is 8. The Hall–Kier alpha value is -9.86. The molecule has 370 valence electrons. The number of fused-ring (bicyclic) bond motifs is 7. The van der Waals surface area contributed by atoms with Crippen molar-refractivity contribution in [1.29, 1.82) is 0 Å². The standard InChI is InChI=1S/C71H44N6S2/c1-43-34-49(27-30-55(43)64-38-62(50-28-31-68-60(36-50)58-14-4-6-17-66(58)78-68)74-70(76-64)47-23-19-44(20-24-47)52-12-9-33-72-40-52)54-35-53(41-73-42-54)45-21-25-48(26-22-45)71-75-63(39-65(77-71)57-16-8-11-46-10-2-3-13-56(46)57)51-29-32-69-61(37-51)59-15-5-7-18-67(59)79-69/h2-42H,1H3. The SMILES string of the molecule is Cc1cc(-c2cncc(-c3ccc(-c4nc(-c5ccc6sc7ccccc7c6c5)cc(-c5cccc6ccccc56)n4)cc3)c2)ccc1-c1cc(-c2ccc3sc4ccccc4c3c2)nc(-c2ccc(-c3cccnc3)cc2)n1. The Balaban J connectivity index is 0.765. The molecule has 6 aromatic heterocycles. The molecule has 9 aromatic carbocycles. The zero-order chi connectivity index (χ0) is 52.4. The lowest BCUT2D eigenvalue weighted by Gasteiger charge is -2.13. The summed E-state index contributed by atoms with van der Waals surface area (Å²) in [6, 6.07) is 79.7. The zero-order valence-corrected chi connectivity index (χ0v) is 44.3. The summed E-state index contributed by atoms with van der Waals surface area (Å²) in [7, 11) is 0. The number of hydrogen-bond donors (Lipinski definition) is 0. The fourth-order valence-corrected chi connectivity index (χ4v) is 13.2. The van der Waals surface area contributed by atoms with E-state index in [1.807, 2.05) is 47.3 Å². The van der Waals surface area contributed by atoms with Gasteiger partial charge in [-0.25, -0.2) is 19.9 Å². The second-order valence-corrected chi connectivity index (χ2v) is 22.1. The molecule has 0 fully saturated rings. The highest BCUT2D eigenvalue weighted by atomic mass is 32.1. The Morgan fingerprint density at radius 1 is 0.278 bits per heavy atom. The van der Waals surface area contributed by atoms with Crippen LogP contribution in [0.3, 0.4) is 0 Å². The van der Waals surface area contributed by atoms with E-state index in [4.69, 9.17) is 24.9 Å². The van der Waals surface area contributed by atoms with Crippen LogP contribution in [-0.4, -0.2) is 29.9 Å². The molecule has 6 heterocycles. The highest BCUT2D eigenvalue weighted by molar-refractivity contribution is 7.26. The summed E-state index contributed by atoms with van der Waals surface area (Å²) in [5.74, 6) is 1.34. The van der Waals surface area contributed by atoms with Gasteiger partial charge in [-0.15, -0.1) is 22.7 Å². The first kappa shape index (κ1) is 46.4. The second kappa shape index (κ2) is 19.3. The van der Waals surface area contributed by atoms with E-state index >= 15 is 0 Å². The first-order valence-electron chi connectivity index (χ1n) is 26.3. The van der Waals surface area contributed by atoms with E-state index in [0.717, 1.165) is 100 Å². The van der Waals surface area contributed by atoms with E-state index in [2.05, 4.69) is 230 Å². The lowest BCUT2D eigenvalue weighted by atomic mass is 9.96. The maximum Gasteiger partial charge on any atom is 0.160 e. The van der Waals surface area contributed by atoms with Crippen molar-refractivity contribution in [1.82, 2.24) is 29.9 Å². The Labute approximate surface area is 463 Å². The van der Waals surface area contributed by atoms with Gasteiger partial charge in [0.2, 0.25) is 0 Å². The molecule has 6 nitrogen and oxygen atoms in total. The van der Waals surface area contributed by atoms with E-state index in [0.29, 0.717) is 11.6 Å². The molecule has 79 heavy (non-hydrogen) atoms. The van der Waals surface area contributed by atoms with Crippen LogP contribution >= 0.6 is 22.7 Å². The van der Waals surface area contributed by atoms with Gasteiger partial charge in [-0.1, -0.05) is 164 Å². The third-order valence-corrected chi connectivity index (χ3v) is 17.4. The summed E-state index contributed by atoms with van der Waals surface area (Å²) in [6.07, 6.45) is 7.56. The van der Waals surface area contributed by atoms with Gasteiger partial charge < -0.3 is 0 Å². The number of nitrogens with zero attached hydrogens (tertiary/aromatic N) is 6. The Morgan fingerprint density at radius 2 is 0.759 bits per heavy atom. The van der Waals surface area contributed by atoms with Gasteiger partial charge in [-0.2, -0.15) is 0 Å². The minimum atomic E-state index is 0.668. The predicted molar refractivity (Wildman–Crippen MR) is 330 cm³/mol. The number of thiophene rings is 2. The van der Waals surface area contributed by atoms with Crippen LogP contribution in [0.5, 0.6) is 0 Å². The molecule has 0 aliphatic heterocycles. The first-order valence-corrected chi connectivity index (χ1v) is 27.9. The normalized spacial score (nSPS) is 11.6. The van der Waals surface area contributed by atoms with Crippen molar-refractivity contribution in [2.24, 2.45) is 0 Å². The molecule has 0 amide bonds. The average molecular weight is 1050 g/mol. The molecule has 0 spiro atoms. The predicted octanol–water partition coefficient (Wildman–Crippen LogP) is 19.3. The molecule has 15 aromatic rings. The van der Waals surface area contributed by atoms with Crippen LogP contribution in [0.4, 0.5) is 0 Å². The van der Waals surface area contributed by atoms with Crippen LogP contribution in [0.2, 0.25) is 0 Å². The van der Waals surface area contributed by atoms with Crippen molar-refractivity contribution >= 4 is 73.8 Å². The Bertz CT molecular complexity index is 4850. The van der Waals surface area contributed by atoms with Gasteiger partial charge in [-0.3, -0.25) is 9.97 Å². The van der Waals surface area contributed by atoms with Crippen LogP contribution in [0, 0.1) is 6.92 Å². The molecule has 0 radical (unpaired) electrons. The number of aromatic nitrogens is 6. The number of benzene rings is 9. The minimum absolute atomic E-state index is 0.668. The van der Waals surface area contributed by atoms with Gasteiger partial charge in [0.1, 0.15) is 0 Å². The van der Waals surface area contributed by atoms with Crippen LogP contribution in [0.25, 0.3) is 152 Å². The summed E-state index contributed by atoms with van der Waals surface area (Å²) in [5.41, 5.74) is 17.0. The molecule has 0 bridgehead atoms. The van der Waals surface area contributed by atoms with Crippen molar-refractivity contribution in [3.05, 3.63) is 255 Å². The van der Waals surface area contributed by atoms with E-state index < -0.39 is 0 Å². The lowest BCUT2D eigenvalue weighted by Crippen LogP contribution is -1.97. The fourth-order valence-electron chi connectivity index (χ4n) is 11.0. The maximum atomic E-state index is 5.29. The van der Waals surface area contributed by atoms with Crippen LogP contribution in [-0.2, 0) is 0 Å². The molecular formula is C71H44N6S2. The van der Waals surface area contributed by atoms with Crippen molar-refractivity contribution in [2.45, 2.75) is 6.92 Å². The monoisotopic (exact) mass is 1040 g/mol. The van der Waals surface area contributed by atoms with Crippen molar-refractivity contribution in [3.63, 3.8) is 0 Å². The van der Waals surface area contributed by atoms with Gasteiger partial charge >= 0.3 is 0 Å². The molecule has 8 heteroatoms. The maximum absolute atomic E-state index is 5.29. The molecule has 0 saturated heterocycles. The van der Waals surface area contributed by atoms with Gasteiger partial charge in [-0.05, 0) is 106 Å². The average Bonchev–Trinajstić information content (AvgIpc) is 4.22. The third kappa shape index (κ3) is 8.60. The van der Waals surface area contributed by atoms with Crippen molar-refractivity contribution < 1.29 is 0 Å². The third-order valence-electron chi connectivity index (χ3n) is 15.1. The van der Waals surface area contributed by atoms with Crippen molar-refractivity contribution in [3.8, 4) is 101 Å². The summed E-state index contributed by atoms with van der Waals surface area (Å²) in [6.45, 7) is 2.16. The Kier molecular flexibility index (Phi) is 11.3. The highest BCUT2D eigenvalue weighted by Crippen LogP contribution is 2.41. The first-order chi connectivity index (χ1) is 39.0. The minimum Gasteiger partial charge on any atom is -0.264 e. The fraction of sp³-hybridized carbons (Fsp3) is 0.0141. The number of rotatable bonds is 9. The molecule has 0 aliphatic rings. The molecule has 0 unspecified atom stereocenters. The summed E-state index contributed by atoms with van der Waals surface area (Å²) in [5, 5.41) is 7.31. The number of pyridine rings is 2. The molecule has 0 aliphatic carbocycles. The zero-order valence-electron chi connectivity index (χ0n) is 42.7. The summed E-state index contributed by atoms with van der Waals surface area (Å²) >= 11 is 3.64. The van der Waals surface area contributed by atoms with Crippen LogP contribution < -0.4 is 0 Å². The Morgan fingerprint density at radius 3 is 1.37 bits per heavy atom. The van der Waals surface area contributed by atoms with Gasteiger partial charge in [0.25, 0.3) is 0 Å². The summed E-state index contributed by atoms with van der Waals surface area (Å²) in [4.78, 5) is 30.2. The van der Waals surface area contributed by atoms with Gasteiger partial charge in [0.05, 0.1) is 22.8 Å². The topological polar surface area (TPSA) is 77.3 Å². The number of aryl methyl sites for hydroxylation is 1. The van der Waals surface area contributed by atoms with E-state index in [-0.39, 0.29) is 0 Å². The molecule has 0 N–H and O–H groups in total.